The van der Waals surface area contributed by atoms with Crippen molar-refractivity contribution in [2.45, 2.75) is 6.92 Å². The van der Waals surface area contributed by atoms with Gasteiger partial charge in [0.2, 0.25) is 0 Å². The number of benzene rings is 1. The van der Waals surface area contributed by atoms with Gasteiger partial charge in [0.05, 0.1) is 11.6 Å². The number of hydrogen-bond donors (Lipinski definition) is 2. The Labute approximate surface area is 108 Å². The molecule has 2 aromatic rings. The van der Waals surface area contributed by atoms with Crippen molar-refractivity contribution in [2.75, 3.05) is 11.1 Å². The molecule has 0 saturated heterocycles. The van der Waals surface area contributed by atoms with Gasteiger partial charge in [-0.05, 0) is 24.3 Å². The van der Waals surface area contributed by atoms with E-state index in [1.54, 1.807) is 24.3 Å². The Bertz CT molecular complexity index is 625. The molecule has 2 rings (SSSR count). The molecule has 0 saturated carbocycles. The maximum absolute atomic E-state index is 11.2. The highest BCUT2D eigenvalue weighted by Gasteiger charge is 2.12. The lowest BCUT2D eigenvalue weighted by Crippen LogP contribution is -1.95. The Morgan fingerprint density at radius 3 is 2.61 bits per heavy atom. The van der Waals surface area contributed by atoms with E-state index in [-0.39, 0.29) is 11.6 Å². The summed E-state index contributed by atoms with van der Waals surface area (Å²) in [4.78, 5) is 15.8. The minimum Gasteiger partial charge on any atom is -0.382 e. The first-order valence-corrected chi connectivity index (χ1v) is 5.96. The number of nitrogens with two attached hydrogens (primary N) is 1. The van der Waals surface area contributed by atoms with Gasteiger partial charge in [0.1, 0.15) is 10.7 Å². The third-order valence-corrected chi connectivity index (χ3v) is 3.33. The number of nitrogens with zero attached hydrogens (tertiary/aromatic N) is 2. The molecule has 0 unspecified atom stereocenters. The molecular formula is C12H10N4OS. The lowest BCUT2D eigenvalue weighted by atomic mass is 10.2. The van der Waals surface area contributed by atoms with Gasteiger partial charge in [0.25, 0.3) is 0 Å². The maximum Gasteiger partial charge on any atom is 0.189 e. The first-order chi connectivity index (χ1) is 8.60. The van der Waals surface area contributed by atoms with Gasteiger partial charge in [0, 0.05) is 12.6 Å². The number of hydrogen-bond acceptors (Lipinski definition) is 6. The van der Waals surface area contributed by atoms with Crippen LogP contribution in [-0.2, 0) is 0 Å². The molecule has 0 atom stereocenters. The highest BCUT2D eigenvalue weighted by molar-refractivity contribution is 7.18. The Kier molecular flexibility index (Phi) is 3.26. The van der Waals surface area contributed by atoms with Gasteiger partial charge in [-0.25, -0.2) is 4.98 Å². The van der Waals surface area contributed by atoms with Gasteiger partial charge >= 0.3 is 0 Å². The van der Waals surface area contributed by atoms with Crippen molar-refractivity contribution in [3.63, 3.8) is 0 Å². The van der Waals surface area contributed by atoms with Crippen LogP contribution in [0.1, 0.15) is 22.2 Å². The van der Waals surface area contributed by atoms with Crippen LogP contribution in [0.15, 0.2) is 24.3 Å². The van der Waals surface area contributed by atoms with Crippen LogP contribution in [0, 0.1) is 11.3 Å². The van der Waals surface area contributed by atoms with Crippen molar-refractivity contribution < 1.29 is 4.79 Å². The van der Waals surface area contributed by atoms with Crippen LogP contribution in [0.2, 0.25) is 0 Å². The highest BCUT2D eigenvalue weighted by Crippen LogP contribution is 2.27. The minimum atomic E-state index is -0.0992. The molecule has 1 aromatic carbocycles. The second-order valence-corrected chi connectivity index (χ2v) is 4.60. The number of aromatic nitrogens is 1. The predicted octanol–water partition coefficient (Wildman–Crippen LogP) is 2.54. The van der Waals surface area contributed by atoms with E-state index in [9.17, 15) is 4.79 Å². The summed E-state index contributed by atoms with van der Waals surface area (Å²) in [5, 5.41) is 12.3. The van der Waals surface area contributed by atoms with Crippen molar-refractivity contribution in [3.05, 3.63) is 34.7 Å². The Balaban J connectivity index is 2.21. The largest absolute Gasteiger partial charge is 0.382 e. The topological polar surface area (TPSA) is 91.8 Å². The van der Waals surface area contributed by atoms with Gasteiger partial charge in [-0.2, -0.15) is 5.26 Å². The SMILES string of the molecule is CC(=O)c1sc(Nc2ccc(C#N)cc2)nc1N. The quantitative estimate of drug-likeness (QED) is 0.825. The molecule has 1 heterocycles. The molecule has 0 amide bonds. The first kappa shape index (κ1) is 12.1. The van der Waals surface area contributed by atoms with E-state index in [2.05, 4.69) is 10.3 Å². The van der Waals surface area contributed by atoms with Crippen LogP contribution >= 0.6 is 11.3 Å². The zero-order chi connectivity index (χ0) is 13.1. The van der Waals surface area contributed by atoms with Gasteiger partial charge < -0.3 is 11.1 Å². The summed E-state index contributed by atoms with van der Waals surface area (Å²) < 4.78 is 0. The average molecular weight is 258 g/mol. The number of Topliss-reactive ketones (excluding diaryl/α,β-unsaturated/α-hetero) is 1. The number of thiazole rings is 1. The molecular weight excluding hydrogens is 248 g/mol. The molecule has 5 nitrogen and oxygen atoms in total. The molecule has 18 heavy (non-hydrogen) atoms. The summed E-state index contributed by atoms with van der Waals surface area (Å²) in [6, 6.07) is 8.97. The molecule has 0 aliphatic carbocycles. The molecule has 6 heteroatoms. The number of ketones is 1. The van der Waals surface area contributed by atoms with Gasteiger partial charge in [-0.1, -0.05) is 11.3 Å². The lowest BCUT2D eigenvalue weighted by molar-refractivity contribution is 0.102. The average Bonchev–Trinajstić information content (AvgIpc) is 2.71. The summed E-state index contributed by atoms with van der Waals surface area (Å²) in [6.45, 7) is 1.45. The van der Waals surface area contributed by atoms with Crippen LogP contribution < -0.4 is 11.1 Å². The molecule has 0 bridgehead atoms. The van der Waals surface area contributed by atoms with E-state index in [1.807, 2.05) is 6.07 Å². The van der Waals surface area contributed by atoms with E-state index in [0.717, 1.165) is 5.69 Å². The van der Waals surface area contributed by atoms with E-state index in [1.165, 1.54) is 18.3 Å². The van der Waals surface area contributed by atoms with E-state index >= 15 is 0 Å². The lowest BCUT2D eigenvalue weighted by Gasteiger charge is -2.01. The van der Waals surface area contributed by atoms with Crippen molar-refractivity contribution in [1.82, 2.24) is 4.98 Å². The second-order valence-electron chi connectivity index (χ2n) is 3.60. The smallest absolute Gasteiger partial charge is 0.189 e. The van der Waals surface area contributed by atoms with Crippen LogP contribution in [0.25, 0.3) is 0 Å². The molecule has 0 spiro atoms. The Morgan fingerprint density at radius 2 is 2.11 bits per heavy atom. The third kappa shape index (κ3) is 2.47. The fourth-order valence-corrected chi connectivity index (χ4v) is 2.19. The minimum absolute atomic E-state index is 0.0992. The summed E-state index contributed by atoms with van der Waals surface area (Å²) in [7, 11) is 0. The molecule has 0 aliphatic heterocycles. The fourth-order valence-electron chi connectivity index (χ4n) is 1.39. The molecule has 1 aromatic heterocycles. The summed E-state index contributed by atoms with van der Waals surface area (Å²) in [5.41, 5.74) is 7.01. The normalized spacial score (nSPS) is 9.78. The number of carbonyl (C=O) groups excluding carboxylic acids is 1. The van der Waals surface area contributed by atoms with Crippen LogP contribution in [-0.4, -0.2) is 10.8 Å². The fraction of sp³-hybridized carbons (Fsp3) is 0.0833. The molecule has 0 fully saturated rings. The van der Waals surface area contributed by atoms with Gasteiger partial charge in [-0.3, -0.25) is 4.79 Å². The molecule has 0 radical (unpaired) electrons. The number of carbonyl (C=O) groups is 1. The number of anilines is 3. The van der Waals surface area contributed by atoms with Gasteiger partial charge in [0.15, 0.2) is 10.9 Å². The number of rotatable bonds is 3. The highest BCUT2D eigenvalue weighted by atomic mass is 32.1. The van der Waals surface area contributed by atoms with Crippen LogP contribution in [0.4, 0.5) is 16.6 Å². The summed E-state index contributed by atoms with van der Waals surface area (Å²) >= 11 is 1.21. The van der Waals surface area contributed by atoms with Gasteiger partial charge in [-0.15, -0.1) is 0 Å². The maximum atomic E-state index is 11.2. The zero-order valence-electron chi connectivity index (χ0n) is 9.60. The van der Waals surface area contributed by atoms with E-state index in [0.29, 0.717) is 15.6 Å². The second kappa shape index (κ2) is 4.85. The van der Waals surface area contributed by atoms with Crippen molar-refractivity contribution in [1.29, 1.82) is 5.26 Å². The van der Waals surface area contributed by atoms with Crippen LogP contribution in [0.3, 0.4) is 0 Å². The summed E-state index contributed by atoms with van der Waals surface area (Å²) in [6.07, 6.45) is 0. The van der Waals surface area contributed by atoms with E-state index < -0.39 is 0 Å². The first-order valence-electron chi connectivity index (χ1n) is 5.14. The number of nitrogens with one attached hydrogen (secondary N) is 1. The molecule has 90 valence electrons. The zero-order valence-corrected chi connectivity index (χ0v) is 10.4. The van der Waals surface area contributed by atoms with Crippen molar-refractivity contribution >= 4 is 33.8 Å². The van der Waals surface area contributed by atoms with Crippen LogP contribution in [0.5, 0.6) is 0 Å². The molecule has 3 N–H and O–H groups in total. The standard InChI is InChI=1S/C12H10N4OS/c1-7(17)10-11(14)16-12(18-10)15-9-4-2-8(6-13)3-5-9/h2-5H,14H2,1H3,(H,15,16). The predicted molar refractivity (Wildman–Crippen MR) is 71.0 cm³/mol. The van der Waals surface area contributed by atoms with Crippen molar-refractivity contribution in [3.8, 4) is 6.07 Å². The number of nitrogen functional groups attached to an aromatic ring is 1. The molecule has 0 aliphatic rings. The summed E-state index contributed by atoms with van der Waals surface area (Å²) in [5.74, 6) is 0.140. The number of nitriles is 1. The monoisotopic (exact) mass is 258 g/mol. The Hall–Kier alpha value is -2.39. The van der Waals surface area contributed by atoms with E-state index in [4.69, 9.17) is 11.0 Å². The Morgan fingerprint density at radius 1 is 1.44 bits per heavy atom. The third-order valence-electron chi connectivity index (χ3n) is 2.24. The van der Waals surface area contributed by atoms with Crippen molar-refractivity contribution in [2.24, 2.45) is 0 Å².